The molecule has 2 N–H and O–H groups in total. The zero-order valence-electron chi connectivity index (χ0n) is 16.2. The fraction of sp³-hybridized carbons (Fsp3) is 0.944. The summed E-state index contributed by atoms with van der Waals surface area (Å²) in [6.07, 6.45) is 4.92. The number of aliphatic imine (C=N–C) groups is 1. The summed E-state index contributed by atoms with van der Waals surface area (Å²) >= 11 is 0. The molecule has 0 radical (unpaired) electrons. The van der Waals surface area contributed by atoms with Crippen molar-refractivity contribution in [2.45, 2.75) is 72.4 Å². The number of halogens is 1. The molecule has 2 atom stereocenters. The summed E-state index contributed by atoms with van der Waals surface area (Å²) in [6, 6.07) is 0.417. The molecular weight excluding hydrogens is 417 g/mol. The predicted molar refractivity (Wildman–Crippen MR) is 112 cm³/mol. The van der Waals surface area contributed by atoms with Gasteiger partial charge in [0.15, 0.2) is 5.96 Å². The lowest BCUT2D eigenvalue weighted by Gasteiger charge is -2.23. The van der Waals surface area contributed by atoms with Crippen molar-refractivity contribution < 1.29 is 9.47 Å². The number of rotatable bonds is 9. The molecule has 0 bridgehead atoms. The highest BCUT2D eigenvalue weighted by atomic mass is 127. The maximum atomic E-state index is 5.66. The zero-order chi connectivity index (χ0) is 17.1. The summed E-state index contributed by atoms with van der Waals surface area (Å²) in [5.74, 6) is 0.884. The number of nitrogens with zero attached hydrogens (tertiary/aromatic N) is 1. The van der Waals surface area contributed by atoms with E-state index in [2.05, 4.69) is 50.2 Å². The quantitative estimate of drug-likeness (QED) is 0.242. The maximum Gasteiger partial charge on any atom is 0.191 e. The lowest BCUT2D eigenvalue weighted by Crippen LogP contribution is -2.42. The van der Waals surface area contributed by atoms with E-state index in [9.17, 15) is 0 Å². The molecule has 0 aliphatic carbocycles. The van der Waals surface area contributed by atoms with Gasteiger partial charge in [-0.1, -0.05) is 20.8 Å². The Bertz CT molecular complexity index is 340. The molecule has 0 spiro atoms. The number of guanidine groups is 1. The molecule has 24 heavy (non-hydrogen) atoms. The first-order valence-electron chi connectivity index (χ1n) is 9.15. The normalized spacial score (nSPS) is 19.7. The average Bonchev–Trinajstić information content (AvgIpc) is 2.97. The van der Waals surface area contributed by atoms with Gasteiger partial charge in [0, 0.05) is 19.2 Å². The van der Waals surface area contributed by atoms with Gasteiger partial charge < -0.3 is 20.1 Å². The van der Waals surface area contributed by atoms with E-state index in [1.54, 1.807) is 0 Å². The second kappa shape index (κ2) is 13.2. The van der Waals surface area contributed by atoms with Gasteiger partial charge in [-0.2, -0.15) is 0 Å². The minimum atomic E-state index is 0. The van der Waals surface area contributed by atoms with Crippen molar-refractivity contribution in [1.29, 1.82) is 0 Å². The third-order valence-electron chi connectivity index (χ3n) is 3.89. The van der Waals surface area contributed by atoms with Crippen LogP contribution in [0.15, 0.2) is 4.99 Å². The molecule has 0 amide bonds. The Morgan fingerprint density at radius 1 is 1.38 bits per heavy atom. The van der Waals surface area contributed by atoms with Gasteiger partial charge in [0.25, 0.3) is 0 Å². The molecule has 6 heteroatoms. The summed E-state index contributed by atoms with van der Waals surface area (Å²) < 4.78 is 11.2. The first kappa shape index (κ1) is 23.9. The second-order valence-corrected chi connectivity index (χ2v) is 7.62. The van der Waals surface area contributed by atoms with Crippen LogP contribution in [0.4, 0.5) is 0 Å². The van der Waals surface area contributed by atoms with Gasteiger partial charge in [-0.15, -0.1) is 24.0 Å². The number of nitrogens with one attached hydrogen (secondary N) is 2. The Kier molecular flexibility index (Phi) is 13.1. The van der Waals surface area contributed by atoms with Crippen LogP contribution in [0.3, 0.4) is 0 Å². The van der Waals surface area contributed by atoms with E-state index >= 15 is 0 Å². The Labute approximate surface area is 165 Å². The van der Waals surface area contributed by atoms with Crippen molar-refractivity contribution >= 4 is 29.9 Å². The number of hydrogen-bond acceptors (Lipinski definition) is 3. The number of ether oxygens (including phenoxy) is 2. The molecule has 1 heterocycles. The van der Waals surface area contributed by atoms with Crippen LogP contribution in [0.1, 0.15) is 60.3 Å². The van der Waals surface area contributed by atoms with Gasteiger partial charge in [-0.05, 0) is 44.9 Å². The lowest BCUT2D eigenvalue weighted by molar-refractivity contribution is 0.0200. The zero-order valence-corrected chi connectivity index (χ0v) is 18.5. The molecule has 1 aliphatic heterocycles. The SMILES string of the molecule is CCNC(=NCCOCC1CCCO1)NC(C)CCC(C)(C)C.I. The molecular formula is C18H38IN3O2. The van der Waals surface area contributed by atoms with Gasteiger partial charge in [-0.25, -0.2) is 0 Å². The van der Waals surface area contributed by atoms with E-state index in [0.29, 0.717) is 37.3 Å². The molecule has 0 saturated carbocycles. The average molecular weight is 455 g/mol. The second-order valence-electron chi connectivity index (χ2n) is 7.62. The molecule has 1 saturated heterocycles. The van der Waals surface area contributed by atoms with Crippen molar-refractivity contribution in [3.8, 4) is 0 Å². The Morgan fingerprint density at radius 2 is 2.12 bits per heavy atom. The molecule has 0 aromatic rings. The Hall–Kier alpha value is -0.0800. The van der Waals surface area contributed by atoms with Crippen LogP contribution < -0.4 is 10.6 Å². The fourth-order valence-corrected chi connectivity index (χ4v) is 2.49. The molecule has 0 aromatic carbocycles. The van der Waals surface area contributed by atoms with E-state index in [0.717, 1.165) is 38.4 Å². The summed E-state index contributed by atoms with van der Waals surface area (Å²) in [5, 5.41) is 6.78. The van der Waals surface area contributed by atoms with Gasteiger partial charge >= 0.3 is 0 Å². The molecule has 144 valence electrons. The summed E-state index contributed by atoms with van der Waals surface area (Å²) in [4.78, 5) is 4.59. The standard InChI is InChI=1S/C18H37N3O2.HI/c1-6-19-17(21-15(2)9-10-18(3,4)5)20-11-13-22-14-16-8-7-12-23-16;/h15-16H,6-14H2,1-5H3,(H2,19,20,21);1H. The van der Waals surface area contributed by atoms with Gasteiger partial charge in [0.05, 0.1) is 25.9 Å². The predicted octanol–water partition coefficient (Wildman–Crippen LogP) is 3.57. The highest BCUT2D eigenvalue weighted by molar-refractivity contribution is 14.0. The third kappa shape index (κ3) is 12.3. The largest absolute Gasteiger partial charge is 0.377 e. The highest BCUT2D eigenvalue weighted by Crippen LogP contribution is 2.21. The minimum Gasteiger partial charge on any atom is -0.377 e. The minimum absolute atomic E-state index is 0. The van der Waals surface area contributed by atoms with E-state index in [1.807, 2.05) is 0 Å². The molecule has 1 rings (SSSR count). The van der Waals surface area contributed by atoms with E-state index in [4.69, 9.17) is 9.47 Å². The molecule has 5 nitrogen and oxygen atoms in total. The van der Waals surface area contributed by atoms with E-state index in [1.165, 1.54) is 6.42 Å². The van der Waals surface area contributed by atoms with Crippen LogP contribution in [0, 0.1) is 5.41 Å². The molecule has 1 aliphatic rings. The lowest BCUT2D eigenvalue weighted by atomic mass is 9.89. The first-order valence-corrected chi connectivity index (χ1v) is 9.15. The molecule has 2 unspecified atom stereocenters. The van der Waals surface area contributed by atoms with Crippen LogP contribution in [0.5, 0.6) is 0 Å². The van der Waals surface area contributed by atoms with Crippen molar-refractivity contribution in [3.63, 3.8) is 0 Å². The Morgan fingerprint density at radius 3 is 2.71 bits per heavy atom. The van der Waals surface area contributed by atoms with Gasteiger partial charge in [-0.3, -0.25) is 4.99 Å². The van der Waals surface area contributed by atoms with Crippen molar-refractivity contribution in [3.05, 3.63) is 0 Å². The van der Waals surface area contributed by atoms with E-state index in [-0.39, 0.29) is 24.0 Å². The molecule has 0 aromatic heterocycles. The van der Waals surface area contributed by atoms with Crippen LogP contribution in [-0.4, -0.2) is 51.0 Å². The third-order valence-corrected chi connectivity index (χ3v) is 3.89. The monoisotopic (exact) mass is 455 g/mol. The maximum absolute atomic E-state index is 5.66. The van der Waals surface area contributed by atoms with Crippen molar-refractivity contribution in [1.82, 2.24) is 10.6 Å². The fourth-order valence-electron chi connectivity index (χ4n) is 2.49. The summed E-state index contributed by atoms with van der Waals surface area (Å²) in [5.41, 5.74) is 0.377. The first-order chi connectivity index (χ1) is 10.9. The van der Waals surface area contributed by atoms with Crippen LogP contribution >= 0.6 is 24.0 Å². The Balaban J connectivity index is 0.00000529. The topological polar surface area (TPSA) is 54.9 Å². The van der Waals surface area contributed by atoms with Gasteiger partial charge in [0.1, 0.15) is 0 Å². The molecule has 1 fully saturated rings. The smallest absolute Gasteiger partial charge is 0.191 e. The summed E-state index contributed by atoms with van der Waals surface area (Å²) in [6.45, 7) is 14.9. The van der Waals surface area contributed by atoms with Gasteiger partial charge in [0.2, 0.25) is 0 Å². The van der Waals surface area contributed by atoms with Crippen LogP contribution in [0.25, 0.3) is 0 Å². The number of hydrogen-bond donors (Lipinski definition) is 2. The van der Waals surface area contributed by atoms with E-state index < -0.39 is 0 Å². The summed E-state index contributed by atoms with van der Waals surface area (Å²) in [7, 11) is 0. The highest BCUT2D eigenvalue weighted by Gasteiger charge is 2.15. The van der Waals surface area contributed by atoms with Crippen molar-refractivity contribution in [2.75, 3.05) is 32.9 Å². The van der Waals surface area contributed by atoms with Crippen LogP contribution in [-0.2, 0) is 9.47 Å². The van der Waals surface area contributed by atoms with Crippen molar-refractivity contribution in [2.24, 2.45) is 10.4 Å². The van der Waals surface area contributed by atoms with Crippen LogP contribution in [0.2, 0.25) is 0 Å².